The van der Waals surface area contributed by atoms with Crippen molar-refractivity contribution in [3.8, 4) is 0 Å². The topological polar surface area (TPSA) is 29.9 Å². The Hall–Kier alpha value is -0.540. The lowest BCUT2D eigenvalue weighted by Gasteiger charge is -2.29. The Bertz CT molecular complexity index is 311. The van der Waals surface area contributed by atoms with Crippen molar-refractivity contribution in [3.05, 3.63) is 18.0 Å². The predicted octanol–water partition coefficient (Wildman–Crippen LogP) is 2.35. The average Bonchev–Trinajstić information content (AvgIpc) is 2.65. The van der Waals surface area contributed by atoms with E-state index >= 15 is 0 Å². The molecular weight excluding hydrogens is 222 g/mol. The monoisotopic (exact) mass is 243 g/mol. The fourth-order valence-electron chi connectivity index (χ4n) is 1.74. The van der Waals surface area contributed by atoms with E-state index in [0.29, 0.717) is 5.88 Å². The minimum atomic E-state index is 0.167. The second-order valence-electron chi connectivity index (χ2n) is 4.48. The lowest BCUT2D eigenvalue weighted by molar-refractivity contribution is 0.334. The maximum atomic E-state index is 5.81. The number of aryl methyl sites for hydroxylation is 1. The molecule has 1 unspecified atom stereocenters. The number of halogens is 1. The summed E-state index contributed by atoms with van der Waals surface area (Å²) < 4.78 is 1.92. The van der Waals surface area contributed by atoms with Gasteiger partial charge in [-0.3, -0.25) is 4.68 Å². The third kappa shape index (κ3) is 3.80. The van der Waals surface area contributed by atoms with E-state index in [1.165, 1.54) is 5.69 Å². The summed E-state index contributed by atoms with van der Waals surface area (Å²) in [6.45, 7) is 5.41. The molecule has 1 heterocycles. The third-order valence-electron chi connectivity index (χ3n) is 3.28. The van der Waals surface area contributed by atoms with Crippen molar-refractivity contribution in [1.29, 1.82) is 0 Å². The summed E-state index contributed by atoms with van der Waals surface area (Å²) in [5, 5.41) is 7.74. The highest BCUT2D eigenvalue weighted by atomic mass is 35.5. The van der Waals surface area contributed by atoms with Gasteiger partial charge < -0.3 is 5.32 Å². The molecule has 1 aromatic heterocycles. The van der Waals surface area contributed by atoms with Crippen LogP contribution in [0.5, 0.6) is 0 Å². The molecule has 0 amide bonds. The second-order valence-corrected chi connectivity index (χ2v) is 4.85. The van der Waals surface area contributed by atoms with Gasteiger partial charge >= 0.3 is 0 Å². The van der Waals surface area contributed by atoms with E-state index < -0.39 is 0 Å². The number of rotatable bonds is 7. The smallest absolute Gasteiger partial charge is 0.0492 e. The molecular formula is C12H22ClN3. The fourth-order valence-corrected chi connectivity index (χ4v) is 2.15. The van der Waals surface area contributed by atoms with Gasteiger partial charge in [0, 0.05) is 43.3 Å². The Balaban J connectivity index is 2.36. The molecule has 1 N–H and O–H groups in total. The lowest BCUT2D eigenvalue weighted by Crippen LogP contribution is -2.43. The van der Waals surface area contributed by atoms with Crippen LogP contribution in [-0.4, -0.2) is 27.7 Å². The molecule has 4 heteroatoms. The first-order valence-corrected chi connectivity index (χ1v) is 6.42. The highest BCUT2D eigenvalue weighted by Gasteiger charge is 2.19. The minimum absolute atomic E-state index is 0.167. The molecule has 1 rings (SSSR count). The van der Waals surface area contributed by atoms with Gasteiger partial charge in [-0.15, -0.1) is 11.6 Å². The minimum Gasteiger partial charge on any atom is -0.311 e. The third-order valence-corrected chi connectivity index (χ3v) is 3.47. The van der Waals surface area contributed by atoms with E-state index in [-0.39, 0.29) is 5.54 Å². The zero-order valence-electron chi connectivity index (χ0n) is 10.5. The predicted molar refractivity (Wildman–Crippen MR) is 68.9 cm³/mol. The van der Waals surface area contributed by atoms with E-state index in [2.05, 4.69) is 30.3 Å². The maximum absolute atomic E-state index is 5.81. The van der Waals surface area contributed by atoms with Gasteiger partial charge in [-0.2, -0.15) is 5.10 Å². The molecule has 0 radical (unpaired) electrons. The highest BCUT2D eigenvalue weighted by Crippen LogP contribution is 2.15. The normalized spacial score (nSPS) is 15.0. The van der Waals surface area contributed by atoms with Crippen molar-refractivity contribution in [1.82, 2.24) is 15.1 Å². The molecule has 0 bridgehead atoms. The number of alkyl halides is 1. The number of hydrogen-bond donors (Lipinski definition) is 1. The van der Waals surface area contributed by atoms with Crippen LogP contribution in [0.2, 0.25) is 0 Å². The average molecular weight is 244 g/mol. The van der Waals surface area contributed by atoms with Gasteiger partial charge in [0.1, 0.15) is 0 Å². The van der Waals surface area contributed by atoms with E-state index in [9.17, 15) is 0 Å². The van der Waals surface area contributed by atoms with Crippen molar-refractivity contribution in [3.63, 3.8) is 0 Å². The van der Waals surface area contributed by atoms with Crippen LogP contribution < -0.4 is 5.32 Å². The van der Waals surface area contributed by atoms with Crippen LogP contribution in [0.25, 0.3) is 0 Å². The molecule has 0 spiro atoms. The van der Waals surface area contributed by atoms with Gasteiger partial charge in [0.25, 0.3) is 0 Å². The summed E-state index contributed by atoms with van der Waals surface area (Å²) in [5.41, 5.74) is 1.43. The van der Waals surface area contributed by atoms with Gasteiger partial charge in [-0.05, 0) is 25.8 Å². The summed E-state index contributed by atoms with van der Waals surface area (Å²) in [7, 11) is 1.98. The summed E-state index contributed by atoms with van der Waals surface area (Å²) in [4.78, 5) is 0. The Morgan fingerprint density at radius 3 is 2.81 bits per heavy atom. The largest absolute Gasteiger partial charge is 0.311 e. The van der Waals surface area contributed by atoms with Gasteiger partial charge in [0.2, 0.25) is 0 Å². The van der Waals surface area contributed by atoms with Crippen LogP contribution in [0.1, 0.15) is 32.4 Å². The molecule has 0 aliphatic heterocycles. The number of nitrogens with zero attached hydrogens (tertiary/aromatic N) is 2. The molecule has 0 aliphatic rings. The van der Waals surface area contributed by atoms with Crippen molar-refractivity contribution >= 4 is 11.6 Å². The van der Waals surface area contributed by atoms with E-state index in [1.807, 2.05) is 17.9 Å². The molecule has 3 nitrogen and oxygen atoms in total. The molecule has 1 atom stereocenters. The molecule has 92 valence electrons. The van der Waals surface area contributed by atoms with Gasteiger partial charge in [0.05, 0.1) is 0 Å². The van der Waals surface area contributed by atoms with Crippen LogP contribution >= 0.6 is 11.6 Å². The number of aromatic nitrogens is 2. The second kappa shape index (κ2) is 6.26. The SMILES string of the molecule is CCC(C)(CCCl)NCCc1ccnn1C. The summed E-state index contributed by atoms with van der Waals surface area (Å²) in [5.74, 6) is 0.711. The number of nitrogens with one attached hydrogen (secondary N) is 1. The molecule has 0 aliphatic carbocycles. The maximum Gasteiger partial charge on any atom is 0.0492 e. The van der Waals surface area contributed by atoms with Crippen LogP contribution in [0.4, 0.5) is 0 Å². The van der Waals surface area contributed by atoms with Crippen LogP contribution in [-0.2, 0) is 13.5 Å². The van der Waals surface area contributed by atoms with E-state index in [4.69, 9.17) is 11.6 Å². The zero-order valence-corrected chi connectivity index (χ0v) is 11.2. The van der Waals surface area contributed by atoms with Crippen LogP contribution in [0.15, 0.2) is 12.3 Å². The standard InChI is InChI=1S/C12H22ClN3/c1-4-12(2,7-8-13)14-9-5-11-6-10-15-16(11)3/h6,10,14H,4-5,7-9H2,1-3H3. The van der Waals surface area contributed by atoms with Gasteiger partial charge in [0.15, 0.2) is 0 Å². The zero-order chi connectivity index (χ0) is 12.0. The molecule has 1 aromatic rings. The summed E-state index contributed by atoms with van der Waals surface area (Å²) in [6, 6.07) is 2.06. The van der Waals surface area contributed by atoms with Gasteiger partial charge in [-0.1, -0.05) is 6.92 Å². The highest BCUT2D eigenvalue weighted by molar-refractivity contribution is 6.17. The Kier molecular flexibility index (Phi) is 5.29. The Morgan fingerprint density at radius 1 is 1.56 bits per heavy atom. The first kappa shape index (κ1) is 13.5. The Morgan fingerprint density at radius 2 is 2.31 bits per heavy atom. The van der Waals surface area contributed by atoms with Crippen LogP contribution in [0, 0.1) is 0 Å². The van der Waals surface area contributed by atoms with Crippen molar-refractivity contribution in [2.75, 3.05) is 12.4 Å². The molecule has 0 fully saturated rings. The lowest BCUT2D eigenvalue weighted by atomic mass is 9.95. The summed E-state index contributed by atoms with van der Waals surface area (Å²) in [6.07, 6.45) is 4.96. The number of hydrogen-bond acceptors (Lipinski definition) is 2. The Labute approximate surface area is 103 Å². The fraction of sp³-hybridized carbons (Fsp3) is 0.750. The van der Waals surface area contributed by atoms with Crippen molar-refractivity contribution < 1.29 is 0 Å². The first-order chi connectivity index (χ1) is 7.61. The summed E-state index contributed by atoms with van der Waals surface area (Å²) >= 11 is 5.81. The van der Waals surface area contributed by atoms with Crippen molar-refractivity contribution in [2.45, 2.75) is 38.6 Å². The molecule has 0 saturated carbocycles. The van der Waals surface area contributed by atoms with E-state index in [1.54, 1.807) is 0 Å². The van der Waals surface area contributed by atoms with E-state index in [0.717, 1.165) is 25.8 Å². The van der Waals surface area contributed by atoms with Crippen LogP contribution in [0.3, 0.4) is 0 Å². The first-order valence-electron chi connectivity index (χ1n) is 5.89. The molecule has 0 saturated heterocycles. The molecule has 16 heavy (non-hydrogen) atoms. The molecule has 0 aromatic carbocycles. The quantitative estimate of drug-likeness (QED) is 0.746. The van der Waals surface area contributed by atoms with Crippen molar-refractivity contribution in [2.24, 2.45) is 7.05 Å². The van der Waals surface area contributed by atoms with Gasteiger partial charge in [-0.25, -0.2) is 0 Å².